The maximum absolute atomic E-state index is 9.92. The minimum absolute atomic E-state index is 0.151. The summed E-state index contributed by atoms with van der Waals surface area (Å²) in [6.07, 6.45) is -1.78. The molecule has 0 aromatic carbocycles. The lowest BCUT2D eigenvalue weighted by Gasteiger charge is -2.09. The van der Waals surface area contributed by atoms with Gasteiger partial charge in [-0.25, -0.2) is 4.79 Å². The number of hydrogen-bond donors (Lipinski definition) is 4. The Labute approximate surface area is 70.5 Å². The summed E-state index contributed by atoms with van der Waals surface area (Å²) in [5.74, 6) is 0. The van der Waals surface area contributed by atoms with Crippen LogP contribution in [0.15, 0.2) is 0 Å². The Kier molecular flexibility index (Phi) is 6.35. The Hall–Kier alpha value is -0.850. The molecular weight excluding hydrogens is 164 g/mol. The SMILES string of the molecule is CNC(O)COCCNC(=O)O. The lowest BCUT2D eigenvalue weighted by atomic mass is 10.6. The van der Waals surface area contributed by atoms with Crippen molar-refractivity contribution in [2.75, 3.05) is 26.8 Å². The van der Waals surface area contributed by atoms with Crippen LogP contribution in [0.25, 0.3) is 0 Å². The summed E-state index contributed by atoms with van der Waals surface area (Å²) in [4.78, 5) is 9.92. The van der Waals surface area contributed by atoms with E-state index in [0.29, 0.717) is 0 Å². The Balaban J connectivity index is 3.05. The average molecular weight is 178 g/mol. The van der Waals surface area contributed by atoms with Gasteiger partial charge in [-0.2, -0.15) is 0 Å². The Bertz CT molecular complexity index is 131. The second-order valence-corrected chi connectivity index (χ2v) is 2.11. The highest BCUT2D eigenvalue weighted by atomic mass is 16.5. The number of aliphatic hydroxyl groups is 1. The van der Waals surface area contributed by atoms with Gasteiger partial charge < -0.3 is 20.3 Å². The molecule has 0 saturated carbocycles. The average Bonchev–Trinajstić information content (AvgIpc) is 2.03. The van der Waals surface area contributed by atoms with Crippen molar-refractivity contribution in [3.63, 3.8) is 0 Å². The van der Waals surface area contributed by atoms with Crippen LogP contribution in [0.3, 0.4) is 0 Å². The lowest BCUT2D eigenvalue weighted by molar-refractivity contribution is 0.0245. The van der Waals surface area contributed by atoms with Gasteiger partial charge in [-0.05, 0) is 7.05 Å². The monoisotopic (exact) mass is 178 g/mol. The molecule has 0 spiro atoms. The zero-order valence-electron chi connectivity index (χ0n) is 6.91. The van der Waals surface area contributed by atoms with Gasteiger partial charge in [0, 0.05) is 6.54 Å². The fraction of sp³-hybridized carbons (Fsp3) is 0.833. The molecule has 0 aliphatic heterocycles. The van der Waals surface area contributed by atoms with Gasteiger partial charge in [-0.15, -0.1) is 0 Å². The number of ether oxygens (including phenoxy) is 1. The Morgan fingerprint density at radius 1 is 1.67 bits per heavy atom. The fourth-order valence-corrected chi connectivity index (χ4v) is 0.508. The van der Waals surface area contributed by atoms with E-state index in [1.165, 1.54) is 0 Å². The smallest absolute Gasteiger partial charge is 0.404 e. The zero-order valence-corrected chi connectivity index (χ0v) is 6.91. The number of carbonyl (C=O) groups is 1. The van der Waals surface area contributed by atoms with Gasteiger partial charge in [0.05, 0.1) is 13.2 Å². The zero-order chi connectivity index (χ0) is 9.40. The van der Waals surface area contributed by atoms with Crippen molar-refractivity contribution >= 4 is 6.09 Å². The van der Waals surface area contributed by atoms with Gasteiger partial charge in [0.2, 0.25) is 0 Å². The molecular formula is C6H14N2O4. The largest absolute Gasteiger partial charge is 0.465 e. The molecule has 4 N–H and O–H groups in total. The van der Waals surface area contributed by atoms with Crippen LogP contribution in [0.5, 0.6) is 0 Å². The van der Waals surface area contributed by atoms with E-state index in [4.69, 9.17) is 14.9 Å². The van der Waals surface area contributed by atoms with E-state index in [9.17, 15) is 4.79 Å². The van der Waals surface area contributed by atoms with Gasteiger partial charge in [-0.1, -0.05) is 0 Å². The van der Waals surface area contributed by atoms with Crippen LogP contribution in [-0.2, 0) is 4.74 Å². The van der Waals surface area contributed by atoms with E-state index >= 15 is 0 Å². The van der Waals surface area contributed by atoms with E-state index < -0.39 is 12.3 Å². The van der Waals surface area contributed by atoms with Crippen molar-refractivity contribution in [2.24, 2.45) is 0 Å². The molecule has 1 unspecified atom stereocenters. The van der Waals surface area contributed by atoms with Crippen molar-refractivity contribution in [2.45, 2.75) is 6.23 Å². The first-order valence-corrected chi connectivity index (χ1v) is 3.56. The molecule has 6 nitrogen and oxygen atoms in total. The number of rotatable bonds is 6. The molecule has 0 fully saturated rings. The van der Waals surface area contributed by atoms with Gasteiger partial charge in [0.15, 0.2) is 0 Å². The summed E-state index contributed by atoms with van der Waals surface area (Å²) in [7, 11) is 1.60. The molecule has 0 saturated heterocycles. The maximum Gasteiger partial charge on any atom is 0.404 e. The Morgan fingerprint density at radius 2 is 2.33 bits per heavy atom. The third kappa shape index (κ3) is 7.26. The van der Waals surface area contributed by atoms with Crippen LogP contribution < -0.4 is 10.6 Å². The minimum Gasteiger partial charge on any atom is -0.465 e. The Morgan fingerprint density at radius 3 is 2.83 bits per heavy atom. The predicted octanol–water partition coefficient (Wildman–Crippen LogP) is -1.19. The number of likely N-dealkylation sites (N-methyl/N-ethyl adjacent to an activating group) is 1. The van der Waals surface area contributed by atoms with Gasteiger partial charge in [-0.3, -0.25) is 5.32 Å². The first-order chi connectivity index (χ1) is 5.66. The summed E-state index contributed by atoms with van der Waals surface area (Å²) in [6.45, 7) is 0.634. The summed E-state index contributed by atoms with van der Waals surface area (Å²) >= 11 is 0. The lowest BCUT2D eigenvalue weighted by Crippen LogP contribution is -2.32. The normalized spacial score (nSPS) is 12.5. The number of aliphatic hydroxyl groups excluding tert-OH is 1. The van der Waals surface area contributed by atoms with E-state index in [0.717, 1.165) is 0 Å². The second kappa shape index (κ2) is 6.84. The first-order valence-electron chi connectivity index (χ1n) is 3.56. The summed E-state index contributed by atoms with van der Waals surface area (Å²) in [6, 6.07) is 0. The molecule has 1 amide bonds. The van der Waals surface area contributed by atoms with Crippen molar-refractivity contribution in [1.82, 2.24) is 10.6 Å². The molecule has 1 atom stereocenters. The molecule has 72 valence electrons. The van der Waals surface area contributed by atoms with Crippen LogP contribution in [0.4, 0.5) is 4.79 Å². The molecule has 6 heteroatoms. The van der Waals surface area contributed by atoms with Crippen molar-refractivity contribution < 1.29 is 19.7 Å². The predicted molar refractivity (Wildman–Crippen MR) is 41.9 cm³/mol. The van der Waals surface area contributed by atoms with E-state index in [-0.39, 0.29) is 19.8 Å². The van der Waals surface area contributed by atoms with Crippen LogP contribution in [0.1, 0.15) is 0 Å². The van der Waals surface area contributed by atoms with Crippen LogP contribution in [-0.4, -0.2) is 49.3 Å². The quantitative estimate of drug-likeness (QED) is 0.303. The van der Waals surface area contributed by atoms with E-state index in [1.807, 2.05) is 0 Å². The van der Waals surface area contributed by atoms with Crippen molar-refractivity contribution in [3.05, 3.63) is 0 Å². The molecule has 0 bridgehead atoms. The van der Waals surface area contributed by atoms with Crippen molar-refractivity contribution in [3.8, 4) is 0 Å². The minimum atomic E-state index is -1.08. The molecule has 12 heavy (non-hydrogen) atoms. The molecule has 0 radical (unpaired) electrons. The van der Waals surface area contributed by atoms with E-state index in [1.54, 1.807) is 7.05 Å². The molecule has 0 aromatic rings. The van der Waals surface area contributed by atoms with Gasteiger partial charge in [0.25, 0.3) is 0 Å². The highest BCUT2D eigenvalue weighted by Gasteiger charge is 1.98. The number of nitrogens with one attached hydrogen (secondary N) is 2. The van der Waals surface area contributed by atoms with Crippen molar-refractivity contribution in [1.29, 1.82) is 0 Å². The number of carboxylic acid groups (broad SMARTS) is 1. The fourth-order valence-electron chi connectivity index (χ4n) is 0.508. The summed E-state index contributed by atoms with van der Waals surface area (Å²) < 4.78 is 4.90. The highest BCUT2D eigenvalue weighted by Crippen LogP contribution is 1.78. The maximum atomic E-state index is 9.92. The standard InChI is InChI=1S/C6H14N2O4/c1-7-5(9)4-12-3-2-8-6(10)11/h5,7-9H,2-4H2,1H3,(H,10,11). The third-order valence-corrected chi connectivity index (χ3v) is 1.13. The van der Waals surface area contributed by atoms with Crippen LogP contribution in [0, 0.1) is 0 Å². The molecule has 0 aliphatic rings. The van der Waals surface area contributed by atoms with Gasteiger partial charge >= 0.3 is 6.09 Å². The number of hydrogen-bond acceptors (Lipinski definition) is 4. The van der Waals surface area contributed by atoms with Crippen LogP contribution >= 0.6 is 0 Å². The molecule has 0 rings (SSSR count). The first kappa shape index (κ1) is 11.2. The molecule has 0 aliphatic carbocycles. The number of amides is 1. The topological polar surface area (TPSA) is 90.8 Å². The van der Waals surface area contributed by atoms with Crippen LogP contribution in [0.2, 0.25) is 0 Å². The highest BCUT2D eigenvalue weighted by molar-refractivity contribution is 5.64. The van der Waals surface area contributed by atoms with Gasteiger partial charge in [0.1, 0.15) is 6.23 Å². The summed E-state index contributed by atoms with van der Waals surface area (Å²) in [5.41, 5.74) is 0. The molecule has 0 heterocycles. The summed E-state index contributed by atoms with van der Waals surface area (Å²) in [5, 5.41) is 21.7. The second-order valence-electron chi connectivity index (χ2n) is 2.11. The third-order valence-electron chi connectivity index (χ3n) is 1.13. The van der Waals surface area contributed by atoms with E-state index in [2.05, 4.69) is 10.6 Å². The molecule has 0 aromatic heterocycles.